The molecule has 2 N–H and O–H groups in total. The molecule has 0 aromatic carbocycles. The first-order valence-electron chi connectivity index (χ1n) is 8.30. The lowest BCUT2D eigenvalue weighted by Crippen LogP contribution is -2.21. The molecule has 1 aliphatic carbocycles. The van der Waals surface area contributed by atoms with Gasteiger partial charge in [-0.25, -0.2) is 0 Å². The predicted molar refractivity (Wildman–Crippen MR) is 95.5 cm³/mol. The summed E-state index contributed by atoms with van der Waals surface area (Å²) in [5.74, 6) is 1.30. The van der Waals surface area contributed by atoms with Gasteiger partial charge in [-0.2, -0.15) is 0 Å². The molecule has 0 spiro atoms. The molecule has 132 valence electrons. The van der Waals surface area contributed by atoms with Crippen molar-refractivity contribution >= 4 is 28.2 Å². The van der Waals surface area contributed by atoms with Gasteiger partial charge in [0.2, 0.25) is 5.13 Å². The normalized spacial score (nSPS) is 17.0. The smallest absolute Gasteiger partial charge is 0.206 e. The highest BCUT2D eigenvalue weighted by molar-refractivity contribution is 8.01. The quantitative estimate of drug-likeness (QED) is 0.654. The highest BCUT2D eigenvalue weighted by Crippen LogP contribution is 2.28. The van der Waals surface area contributed by atoms with E-state index >= 15 is 0 Å². The number of hydrogen-bond donors (Lipinski definition) is 2. The number of thioether (sulfide) groups is 1. The number of hydrogen-bond acceptors (Lipinski definition) is 8. The highest BCUT2D eigenvalue weighted by Gasteiger charge is 2.15. The van der Waals surface area contributed by atoms with E-state index in [1.807, 2.05) is 12.1 Å². The number of aliphatic hydroxyl groups is 1. The van der Waals surface area contributed by atoms with Crippen molar-refractivity contribution in [1.82, 2.24) is 10.2 Å². The standard InChI is InChI=1S/C16H23N3O3S2/c20-13(9-21-10-14-7-4-8-22-14)11-23-16-19-18-15(24-16)17-12-5-2-1-3-6-12/h4,7-8,12-13,20H,1-3,5-6,9-11H2,(H,17,18). The average molecular weight is 370 g/mol. The number of aliphatic hydroxyl groups excluding tert-OH is 1. The van der Waals surface area contributed by atoms with E-state index < -0.39 is 6.10 Å². The number of furan rings is 1. The second-order valence-electron chi connectivity index (χ2n) is 5.91. The minimum absolute atomic E-state index is 0.277. The molecule has 1 atom stereocenters. The molecular formula is C16H23N3O3S2. The molecule has 0 saturated heterocycles. The van der Waals surface area contributed by atoms with Gasteiger partial charge in [0.1, 0.15) is 12.4 Å². The molecule has 1 unspecified atom stereocenters. The first-order chi connectivity index (χ1) is 11.8. The molecule has 8 heteroatoms. The summed E-state index contributed by atoms with van der Waals surface area (Å²) in [5.41, 5.74) is 0. The van der Waals surface area contributed by atoms with Crippen LogP contribution in [0.1, 0.15) is 37.9 Å². The highest BCUT2D eigenvalue weighted by atomic mass is 32.2. The van der Waals surface area contributed by atoms with Crippen LogP contribution in [0.3, 0.4) is 0 Å². The van der Waals surface area contributed by atoms with Crippen LogP contribution >= 0.6 is 23.1 Å². The Bertz CT molecular complexity index is 585. The van der Waals surface area contributed by atoms with E-state index in [4.69, 9.17) is 9.15 Å². The number of nitrogens with one attached hydrogen (secondary N) is 1. The van der Waals surface area contributed by atoms with Crippen LogP contribution in [0.2, 0.25) is 0 Å². The van der Waals surface area contributed by atoms with E-state index in [-0.39, 0.29) is 6.61 Å². The molecule has 2 aromatic rings. The third kappa shape index (κ3) is 5.77. The van der Waals surface area contributed by atoms with Gasteiger partial charge >= 0.3 is 0 Å². The van der Waals surface area contributed by atoms with E-state index in [2.05, 4.69) is 15.5 Å². The van der Waals surface area contributed by atoms with Crippen molar-refractivity contribution in [3.05, 3.63) is 24.2 Å². The zero-order valence-electron chi connectivity index (χ0n) is 13.5. The molecule has 1 fully saturated rings. The van der Waals surface area contributed by atoms with Crippen LogP contribution in [0.5, 0.6) is 0 Å². The lowest BCUT2D eigenvalue weighted by molar-refractivity contribution is 0.0328. The Morgan fingerprint density at radius 1 is 1.38 bits per heavy atom. The zero-order valence-corrected chi connectivity index (χ0v) is 15.2. The van der Waals surface area contributed by atoms with Crippen LogP contribution in [-0.4, -0.2) is 39.8 Å². The lowest BCUT2D eigenvalue weighted by Gasteiger charge is -2.21. The molecule has 1 saturated carbocycles. The molecule has 1 aliphatic rings. The van der Waals surface area contributed by atoms with Crippen molar-refractivity contribution in [3.8, 4) is 0 Å². The van der Waals surface area contributed by atoms with Crippen molar-refractivity contribution in [2.75, 3.05) is 17.7 Å². The van der Waals surface area contributed by atoms with Gasteiger partial charge in [0.05, 0.1) is 19.0 Å². The largest absolute Gasteiger partial charge is 0.467 e. The predicted octanol–water partition coefficient (Wildman–Crippen LogP) is 3.55. The van der Waals surface area contributed by atoms with Crippen molar-refractivity contribution in [2.24, 2.45) is 0 Å². The van der Waals surface area contributed by atoms with Crippen LogP contribution in [0.25, 0.3) is 0 Å². The minimum Gasteiger partial charge on any atom is -0.467 e. The maximum atomic E-state index is 9.97. The van der Waals surface area contributed by atoms with Crippen molar-refractivity contribution in [3.63, 3.8) is 0 Å². The SMILES string of the molecule is OC(COCc1ccco1)CSc1nnc(NC2CCCCC2)s1. The van der Waals surface area contributed by atoms with E-state index in [9.17, 15) is 5.11 Å². The summed E-state index contributed by atoms with van der Waals surface area (Å²) in [7, 11) is 0. The summed E-state index contributed by atoms with van der Waals surface area (Å²) in [5, 5.41) is 22.7. The molecule has 0 amide bonds. The molecular weight excluding hydrogens is 346 g/mol. The van der Waals surface area contributed by atoms with Crippen LogP contribution in [0.15, 0.2) is 27.2 Å². The van der Waals surface area contributed by atoms with E-state index in [1.165, 1.54) is 43.9 Å². The second kappa shape index (κ2) is 9.41. The van der Waals surface area contributed by atoms with Crippen LogP contribution < -0.4 is 5.32 Å². The maximum absolute atomic E-state index is 9.97. The van der Waals surface area contributed by atoms with Gasteiger partial charge in [-0.05, 0) is 25.0 Å². The van der Waals surface area contributed by atoms with Gasteiger partial charge in [0.25, 0.3) is 0 Å². The van der Waals surface area contributed by atoms with Gasteiger partial charge < -0.3 is 19.6 Å². The third-order valence-electron chi connectivity index (χ3n) is 3.87. The molecule has 2 aromatic heterocycles. The molecule has 0 aliphatic heterocycles. The molecule has 2 heterocycles. The molecule has 0 radical (unpaired) electrons. The fourth-order valence-electron chi connectivity index (χ4n) is 2.65. The van der Waals surface area contributed by atoms with Crippen LogP contribution in [-0.2, 0) is 11.3 Å². The summed E-state index contributed by atoms with van der Waals surface area (Å²) >= 11 is 3.06. The first-order valence-corrected chi connectivity index (χ1v) is 10.1. The number of ether oxygens (including phenoxy) is 1. The average Bonchev–Trinajstić information content (AvgIpc) is 3.26. The number of nitrogens with zero attached hydrogens (tertiary/aromatic N) is 2. The number of aromatic nitrogens is 2. The lowest BCUT2D eigenvalue weighted by atomic mass is 9.96. The van der Waals surface area contributed by atoms with Crippen molar-refractivity contribution in [1.29, 1.82) is 0 Å². The van der Waals surface area contributed by atoms with Crippen molar-refractivity contribution < 1.29 is 14.3 Å². The first kappa shape index (κ1) is 17.7. The van der Waals surface area contributed by atoms with Crippen LogP contribution in [0, 0.1) is 0 Å². The Hall–Kier alpha value is -1.09. The van der Waals surface area contributed by atoms with Gasteiger partial charge in [-0.15, -0.1) is 10.2 Å². The fraction of sp³-hybridized carbons (Fsp3) is 0.625. The summed E-state index contributed by atoms with van der Waals surface area (Å²) < 4.78 is 11.5. The Balaban J connectivity index is 1.33. The van der Waals surface area contributed by atoms with Gasteiger partial charge in [0.15, 0.2) is 4.34 Å². The molecule has 0 bridgehead atoms. The van der Waals surface area contributed by atoms with E-state index in [1.54, 1.807) is 17.6 Å². The number of anilines is 1. The van der Waals surface area contributed by atoms with E-state index in [0.717, 1.165) is 15.2 Å². The summed E-state index contributed by atoms with van der Waals surface area (Å²) in [4.78, 5) is 0. The molecule has 6 nitrogen and oxygen atoms in total. The third-order valence-corrected chi connectivity index (χ3v) is 6.01. The van der Waals surface area contributed by atoms with Gasteiger partial charge in [-0.1, -0.05) is 42.4 Å². The Labute approximate surface area is 150 Å². The Kier molecular flexibility index (Phi) is 6.95. The monoisotopic (exact) mass is 369 g/mol. The molecule has 3 rings (SSSR count). The minimum atomic E-state index is -0.538. The fourth-order valence-corrected chi connectivity index (χ4v) is 4.41. The molecule has 24 heavy (non-hydrogen) atoms. The van der Waals surface area contributed by atoms with Crippen molar-refractivity contribution in [2.45, 2.75) is 55.2 Å². The summed E-state index contributed by atoms with van der Waals surface area (Å²) in [6.45, 7) is 0.655. The van der Waals surface area contributed by atoms with Gasteiger partial charge in [0, 0.05) is 11.8 Å². The zero-order chi connectivity index (χ0) is 16.6. The van der Waals surface area contributed by atoms with Crippen LogP contribution in [0.4, 0.5) is 5.13 Å². The Morgan fingerprint density at radius 2 is 2.25 bits per heavy atom. The maximum Gasteiger partial charge on any atom is 0.206 e. The van der Waals surface area contributed by atoms with Gasteiger partial charge in [-0.3, -0.25) is 0 Å². The topological polar surface area (TPSA) is 80.4 Å². The summed E-state index contributed by atoms with van der Waals surface area (Å²) in [6, 6.07) is 4.20. The second-order valence-corrected chi connectivity index (χ2v) is 8.16. The van der Waals surface area contributed by atoms with E-state index in [0.29, 0.717) is 18.4 Å². The Morgan fingerprint density at radius 3 is 3.04 bits per heavy atom. The summed E-state index contributed by atoms with van der Waals surface area (Å²) in [6.07, 6.45) is 7.43. The number of rotatable bonds is 9.